The van der Waals surface area contributed by atoms with Crippen molar-refractivity contribution in [1.82, 2.24) is 10.6 Å². The van der Waals surface area contributed by atoms with E-state index in [2.05, 4.69) is 32.6 Å². The standard InChI is InChI=1S/C15H21BrN2O3/c1-10(15(19)17-5-6-20-2)18-9-13-8-11-7-12(16)3-4-14(11)21-13/h3-4,7,10,13,18H,5-6,8-9H2,1-2H3,(H,17,19). The average Bonchev–Trinajstić information content (AvgIpc) is 2.86. The second-order valence-corrected chi connectivity index (χ2v) is 6.03. The van der Waals surface area contributed by atoms with Crippen molar-refractivity contribution in [3.05, 3.63) is 28.2 Å². The normalized spacial score (nSPS) is 18.0. The number of benzene rings is 1. The highest BCUT2D eigenvalue weighted by atomic mass is 79.9. The molecule has 0 bridgehead atoms. The van der Waals surface area contributed by atoms with Crippen LogP contribution in [0.2, 0.25) is 0 Å². The van der Waals surface area contributed by atoms with Gasteiger partial charge in [0.15, 0.2) is 0 Å². The largest absolute Gasteiger partial charge is 0.488 e. The number of ether oxygens (including phenoxy) is 2. The van der Waals surface area contributed by atoms with Gasteiger partial charge in [0.25, 0.3) is 0 Å². The minimum atomic E-state index is -0.249. The van der Waals surface area contributed by atoms with Crippen molar-refractivity contribution < 1.29 is 14.3 Å². The molecule has 1 aliphatic heterocycles. The third-order valence-corrected chi connectivity index (χ3v) is 3.91. The molecule has 1 aromatic carbocycles. The molecule has 1 aliphatic rings. The summed E-state index contributed by atoms with van der Waals surface area (Å²) < 4.78 is 11.8. The van der Waals surface area contributed by atoms with E-state index in [0.29, 0.717) is 19.7 Å². The molecule has 0 saturated carbocycles. The Kier molecular flexibility index (Phi) is 6.02. The van der Waals surface area contributed by atoms with Crippen molar-refractivity contribution in [2.75, 3.05) is 26.8 Å². The van der Waals surface area contributed by atoms with E-state index in [-0.39, 0.29) is 18.1 Å². The first-order chi connectivity index (χ1) is 10.1. The Balaban J connectivity index is 1.73. The summed E-state index contributed by atoms with van der Waals surface area (Å²) in [7, 11) is 1.61. The molecule has 0 spiro atoms. The first-order valence-electron chi connectivity index (χ1n) is 7.05. The molecule has 5 nitrogen and oxygen atoms in total. The van der Waals surface area contributed by atoms with E-state index in [1.807, 2.05) is 19.1 Å². The summed E-state index contributed by atoms with van der Waals surface area (Å²) in [5.74, 6) is 0.910. The number of carbonyl (C=O) groups is 1. The van der Waals surface area contributed by atoms with Gasteiger partial charge in [-0.15, -0.1) is 0 Å². The maximum Gasteiger partial charge on any atom is 0.236 e. The smallest absolute Gasteiger partial charge is 0.236 e. The monoisotopic (exact) mass is 356 g/mol. The predicted octanol–water partition coefficient (Wildman–Crippen LogP) is 1.49. The van der Waals surface area contributed by atoms with Crippen LogP contribution in [0.15, 0.2) is 22.7 Å². The Labute approximate surface area is 133 Å². The molecule has 2 atom stereocenters. The topological polar surface area (TPSA) is 59.6 Å². The number of hydrogen-bond donors (Lipinski definition) is 2. The fourth-order valence-electron chi connectivity index (χ4n) is 2.23. The first-order valence-corrected chi connectivity index (χ1v) is 7.84. The molecule has 2 rings (SSSR count). The molecule has 6 heteroatoms. The SMILES string of the molecule is COCCNC(=O)C(C)NCC1Cc2cc(Br)ccc2O1. The van der Waals surface area contributed by atoms with Crippen LogP contribution >= 0.6 is 15.9 Å². The number of fused-ring (bicyclic) bond motifs is 1. The van der Waals surface area contributed by atoms with Gasteiger partial charge < -0.3 is 20.1 Å². The van der Waals surface area contributed by atoms with E-state index < -0.39 is 0 Å². The van der Waals surface area contributed by atoms with Gasteiger partial charge >= 0.3 is 0 Å². The van der Waals surface area contributed by atoms with Crippen LogP contribution in [-0.4, -0.2) is 44.9 Å². The Morgan fingerprint density at radius 3 is 3.14 bits per heavy atom. The van der Waals surface area contributed by atoms with E-state index >= 15 is 0 Å². The van der Waals surface area contributed by atoms with Crippen molar-refractivity contribution >= 4 is 21.8 Å². The summed E-state index contributed by atoms with van der Waals surface area (Å²) in [5.41, 5.74) is 1.20. The van der Waals surface area contributed by atoms with Crippen molar-refractivity contribution in [3.63, 3.8) is 0 Å². The van der Waals surface area contributed by atoms with Gasteiger partial charge in [0, 0.05) is 31.1 Å². The van der Waals surface area contributed by atoms with E-state index in [0.717, 1.165) is 16.6 Å². The zero-order valence-electron chi connectivity index (χ0n) is 12.3. The van der Waals surface area contributed by atoms with Gasteiger partial charge in [-0.3, -0.25) is 4.79 Å². The molecular formula is C15H21BrN2O3. The van der Waals surface area contributed by atoms with Crippen LogP contribution in [0.4, 0.5) is 0 Å². The molecule has 2 N–H and O–H groups in total. The molecule has 0 saturated heterocycles. The molecule has 1 amide bonds. The molecule has 0 aromatic heterocycles. The van der Waals surface area contributed by atoms with Gasteiger partial charge in [-0.1, -0.05) is 15.9 Å². The molecule has 21 heavy (non-hydrogen) atoms. The highest BCUT2D eigenvalue weighted by Crippen LogP contribution is 2.30. The molecule has 2 unspecified atom stereocenters. The lowest BCUT2D eigenvalue weighted by Crippen LogP contribution is -2.46. The third-order valence-electron chi connectivity index (χ3n) is 3.41. The maximum absolute atomic E-state index is 11.8. The molecular weight excluding hydrogens is 336 g/mol. The van der Waals surface area contributed by atoms with Crippen molar-refractivity contribution in [2.24, 2.45) is 0 Å². The maximum atomic E-state index is 11.8. The van der Waals surface area contributed by atoms with Crippen LogP contribution in [0.25, 0.3) is 0 Å². The minimum Gasteiger partial charge on any atom is -0.488 e. The average molecular weight is 357 g/mol. The zero-order chi connectivity index (χ0) is 15.2. The lowest BCUT2D eigenvalue weighted by Gasteiger charge is -2.17. The number of rotatable bonds is 7. The molecule has 116 valence electrons. The highest BCUT2D eigenvalue weighted by Gasteiger charge is 2.24. The lowest BCUT2D eigenvalue weighted by molar-refractivity contribution is -0.123. The van der Waals surface area contributed by atoms with Gasteiger partial charge in [0.05, 0.1) is 12.6 Å². The zero-order valence-corrected chi connectivity index (χ0v) is 13.9. The molecule has 0 fully saturated rings. The number of carbonyl (C=O) groups excluding carboxylic acids is 1. The summed E-state index contributed by atoms with van der Waals surface area (Å²) in [6.07, 6.45) is 0.934. The highest BCUT2D eigenvalue weighted by molar-refractivity contribution is 9.10. The van der Waals surface area contributed by atoms with E-state index in [4.69, 9.17) is 9.47 Å². The van der Waals surface area contributed by atoms with Crippen molar-refractivity contribution in [3.8, 4) is 5.75 Å². The van der Waals surface area contributed by atoms with Gasteiger partial charge in [0.2, 0.25) is 5.91 Å². The van der Waals surface area contributed by atoms with E-state index in [1.165, 1.54) is 5.56 Å². The fraction of sp³-hybridized carbons (Fsp3) is 0.533. The van der Waals surface area contributed by atoms with Crippen LogP contribution < -0.4 is 15.4 Å². The quantitative estimate of drug-likeness (QED) is 0.726. The van der Waals surface area contributed by atoms with Crippen LogP contribution in [0.3, 0.4) is 0 Å². The Morgan fingerprint density at radius 1 is 1.57 bits per heavy atom. The van der Waals surface area contributed by atoms with Crippen LogP contribution in [0.5, 0.6) is 5.75 Å². The van der Waals surface area contributed by atoms with Crippen molar-refractivity contribution in [1.29, 1.82) is 0 Å². The summed E-state index contributed by atoms with van der Waals surface area (Å²) in [6, 6.07) is 5.78. The van der Waals surface area contributed by atoms with E-state index in [9.17, 15) is 4.79 Å². The second kappa shape index (κ2) is 7.77. The second-order valence-electron chi connectivity index (χ2n) is 5.11. The number of amides is 1. The molecule has 1 aromatic rings. The Morgan fingerprint density at radius 2 is 2.38 bits per heavy atom. The predicted molar refractivity (Wildman–Crippen MR) is 84.6 cm³/mol. The van der Waals surface area contributed by atoms with Crippen LogP contribution in [-0.2, 0) is 16.0 Å². The van der Waals surface area contributed by atoms with Gasteiger partial charge in [-0.25, -0.2) is 0 Å². The lowest BCUT2D eigenvalue weighted by atomic mass is 10.1. The Bertz CT molecular complexity index is 496. The summed E-state index contributed by atoms with van der Waals surface area (Å²) in [6.45, 7) is 3.54. The first kappa shape index (κ1) is 16.3. The molecule has 0 radical (unpaired) electrons. The minimum absolute atomic E-state index is 0.0229. The fourth-order valence-corrected chi connectivity index (χ4v) is 2.64. The molecule has 0 aliphatic carbocycles. The molecule has 1 heterocycles. The van der Waals surface area contributed by atoms with Crippen molar-refractivity contribution in [2.45, 2.75) is 25.5 Å². The number of nitrogens with one attached hydrogen (secondary N) is 2. The number of methoxy groups -OCH3 is 1. The summed E-state index contributed by atoms with van der Waals surface area (Å²) >= 11 is 3.46. The number of halogens is 1. The van der Waals surface area contributed by atoms with Gasteiger partial charge in [-0.2, -0.15) is 0 Å². The van der Waals surface area contributed by atoms with Gasteiger partial charge in [0.1, 0.15) is 11.9 Å². The van der Waals surface area contributed by atoms with Crippen LogP contribution in [0, 0.1) is 0 Å². The third kappa shape index (κ3) is 4.69. The Hall–Kier alpha value is -1.11. The summed E-state index contributed by atoms with van der Waals surface area (Å²) in [4.78, 5) is 11.8. The van der Waals surface area contributed by atoms with E-state index in [1.54, 1.807) is 7.11 Å². The number of hydrogen-bond acceptors (Lipinski definition) is 4. The van der Waals surface area contributed by atoms with Crippen LogP contribution in [0.1, 0.15) is 12.5 Å². The summed E-state index contributed by atoms with van der Waals surface area (Å²) in [5, 5.41) is 6.02. The van der Waals surface area contributed by atoms with Gasteiger partial charge in [-0.05, 0) is 30.7 Å².